The molecule has 0 N–H and O–H groups in total. The van der Waals surface area contributed by atoms with E-state index in [0.29, 0.717) is 6.54 Å². The van der Waals surface area contributed by atoms with Gasteiger partial charge in [-0.3, -0.25) is 0 Å². The molecule has 0 fully saturated rings. The number of alkyl halides is 3. The molecule has 1 aliphatic heterocycles. The highest BCUT2D eigenvalue weighted by Crippen LogP contribution is 2.30. The van der Waals surface area contributed by atoms with Crippen LogP contribution in [0.25, 0.3) is 0 Å². The molecular weight excluding hydrogens is 227 g/mol. The largest absolute Gasteiger partial charge is 0.411 e. The topological polar surface area (TPSA) is 12.5 Å². The highest BCUT2D eigenvalue weighted by atomic mass is 32.2. The molecule has 1 aliphatic rings. The number of allylic oxidation sites excluding steroid dienone is 2. The molecule has 0 aromatic carbocycles. The van der Waals surface area contributed by atoms with E-state index in [9.17, 15) is 13.2 Å². The van der Waals surface area contributed by atoms with Crippen molar-refractivity contribution >= 4 is 11.8 Å². The number of hydrogen-bond acceptors (Lipinski definition) is 3. The second-order valence-corrected chi connectivity index (χ2v) is 4.51. The molecule has 0 atom stereocenters. The van der Waals surface area contributed by atoms with E-state index in [0.717, 1.165) is 11.6 Å². The molecule has 0 saturated heterocycles. The Labute approximate surface area is 91.5 Å². The summed E-state index contributed by atoms with van der Waals surface area (Å²) >= 11 is 1.70. The van der Waals surface area contributed by atoms with E-state index in [1.807, 2.05) is 18.7 Å². The van der Waals surface area contributed by atoms with E-state index in [2.05, 4.69) is 4.74 Å². The predicted octanol–water partition coefficient (Wildman–Crippen LogP) is 2.82. The lowest BCUT2D eigenvalue weighted by Crippen LogP contribution is -2.25. The van der Waals surface area contributed by atoms with Crippen LogP contribution in [0.2, 0.25) is 0 Å². The van der Waals surface area contributed by atoms with Gasteiger partial charge in [0.1, 0.15) is 6.61 Å². The summed E-state index contributed by atoms with van der Waals surface area (Å²) in [6, 6.07) is 0. The fraction of sp³-hybridized carbons (Fsp3) is 0.778. The van der Waals surface area contributed by atoms with Gasteiger partial charge in [0.25, 0.3) is 0 Å². The number of nitrogens with zero attached hydrogens (tertiary/aromatic N) is 1. The van der Waals surface area contributed by atoms with Crippen molar-refractivity contribution in [1.82, 2.24) is 4.90 Å². The Morgan fingerprint density at radius 3 is 2.53 bits per heavy atom. The smallest absolute Gasteiger partial charge is 0.370 e. The zero-order valence-corrected chi connectivity index (χ0v) is 9.54. The summed E-state index contributed by atoms with van der Waals surface area (Å²) in [7, 11) is 0. The van der Waals surface area contributed by atoms with Crippen LogP contribution in [0.4, 0.5) is 13.2 Å². The van der Waals surface area contributed by atoms with Crippen molar-refractivity contribution < 1.29 is 17.9 Å². The van der Waals surface area contributed by atoms with Crippen LogP contribution in [0.15, 0.2) is 10.6 Å². The lowest BCUT2D eigenvalue weighted by molar-refractivity contribution is -0.174. The first-order valence-electron chi connectivity index (χ1n) is 4.60. The molecule has 0 aliphatic carbocycles. The van der Waals surface area contributed by atoms with Crippen LogP contribution in [-0.2, 0) is 4.74 Å². The Hall–Kier alpha value is -0.360. The zero-order chi connectivity index (χ0) is 11.5. The maximum absolute atomic E-state index is 11.7. The standard InChI is InChI=1S/C9H14F3NOS/c1-7-8(2)15-6-13(7)3-4-14-5-9(10,11)12/h3-6H2,1-2H3. The number of halogens is 3. The fourth-order valence-electron chi connectivity index (χ4n) is 1.19. The van der Waals surface area contributed by atoms with E-state index in [1.165, 1.54) is 4.91 Å². The molecule has 1 heterocycles. The van der Waals surface area contributed by atoms with Gasteiger partial charge in [-0.25, -0.2) is 0 Å². The number of thioether (sulfide) groups is 1. The van der Waals surface area contributed by atoms with E-state index in [1.54, 1.807) is 11.8 Å². The molecule has 0 unspecified atom stereocenters. The maximum atomic E-state index is 11.7. The van der Waals surface area contributed by atoms with Gasteiger partial charge >= 0.3 is 6.18 Å². The summed E-state index contributed by atoms with van der Waals surface area (Å²) in [5.41, 5.74) is 1.13. The zero-order valence-electron chi connectivity index (χ0n) is 8.73. The molecule has 0 aromatic heterocycles. The van der Waals surface area contributed by atoms with E-state index < -0.39 is 12.8 Å². The Morgan fingerprint density at radius 2 is 2.07 bits per heavy atom. The van der Waals surface area contributed by atoms with Crippen LogP contribution in [0.3, 0.4) is 0 Å². The molecule has 0 saturated carbocycles. The molecule has 0 aromatic rings. The van der Waals surface area contributed by atoms with Gasteiger partial charge in [0.15, 0.2) is 0 Å². The van der Waals surface area contributed by atoms with Crippen LogP contribution >= 0.6 is 11.8 Å². The minimum absolute atomic E-state index is 0.116. The average Bonchev–Trinajstić information content (AvgIpc) is 2.42. The quantitative estimate of drug-likeness (QED) is 0.702. The van der Waals surface area contributed by atoms with Gasteiger partial charge in [0, 0.05) is 17.1 Å². The molecule has 15 heavy (non-hydrogen) atoms. The van der Waals surface area contributed by atoms with Crippen molar-refractivity contribution in [3.63, 3.8) is 0 Å². The van der Waals surface area contributed by atoms with Crippen molar-refractivity contribution in [3.8, 4) is 0 Å². The number of ether oxygens (including phenoxy) is 1. The lowest BCUT2D eigenvalue weighted by Gasteiger charge is -2.19. The molecule has 0 spiro atoms. The second-order valence-electron chi connectivity index (χ2n) is 3.35. The van der Waals surface area contributed by atoms with Gasteiger partial charge in [-0.2, -0.15) is 13.2 Å². The number of hydrogen-bond donors (Lipinski definition) is 0. The normalized spacial score (nSPS) is 17.8. The molecular formula is C9H14F3NOS. The highest BCUT2D eigenvalue weighted by molar-refractivity contribution is 8.03. The Morgan fingerprint density at radius 1 is 1.40 bits per heavy atom. The molecule has 88 valence electrons. The number of rotatable bonds is 4. The predicted molar refractivity (Wildman–Crippen MR) is 54.4 cm³/mol. The highest BCUT2D eigenvalue weighted by Gasteiger charge is 2.27. The van der Waals surface area contributed by atoms with Gasteiger partial charge in [-0.1, -0.05) is 0 Å². The van der Waals surface area contributed by atoms with Crippen LogP contribution < -0.4 is 0 Å². The van der Waals surface area contributed by atoms with Crippen molar-refractivity contribution in [2.24, 2.45) is 0 Å². The first-order chi connectivity index (χ1) is 6.90. The summed E-state index contributed by atoms with van der Waals surface area (Å²) in [5.74, 6) is 0.813. The van der Waals surface area contributed by atoms with Crippen molar-refractivity contribution in [1.29, 1.82) is 0 Å². The molecule has 2 nitrogen and oxygen atoms in total. The summed E-state index contributed by atoms with van der Waals surface area (Å²) in [6.45, 7) is 3.46. The van der Waals surface area contributed by atoms with Crippen molar-refractivity contribution in [2.45, 2.75) is 20.0 Å². The maximum Gasteiger partial charge on any atom is 0.411 e. The molecule has 0 bridgehead atoms. The van der Waals surface area contributed by atoms with Crippen LogP contribution in [0.5, 0.6) is 0 Å². The molecule has 0 amide bonds. The van der Waals surface area contributed by atoms with Gasteiger partial charge < -0.3 is 9.64 Å². The SMILES string of the molecule is CC1=C(C)N(CCOCC(F)(F)F)CS1. The molecule has 1 rings (SSSR count). The third-order valence-corrected chi connectivity index (χ3v) is 3.36. The molecule has 6 heteroatoms. The second kappa shape index (κ2) is 5.12. The van der Waals surface area contributed by atoms with E-state index in [4.69, 9.17) is 0 Å². The van der Waals surface area contributed by atoms with Gasteiger partial charge in [0.05, 0.1) is 12.5 Å². The summed E-state index contributed by atoms with van der Waals surface area (Å²) in [6.07, 6.45) is -4.22. The van der Waals surface area contributed by atoms with Crippen molar-refractivity contribution in [2.75, 3.05) is 25.6 Å². The van der Waals surface area contributed by atoms with Gasteiger partial charge in [-0.05, 0) is 13.8 Å². The minimum atomic E-state index is -4.22. The summed E-state index contributed by atoms with van der Waals surface area (Å²) in [5, 5.41) is 0. The monoisotopic (exact) mass is 241 g/mol. The van der Waals surface area contributed by atoms with Crippen LogP contribution in [-0.4, -0.2) is 36.7 Å². The van der Waals surface area contributed by atoms with Gasteiger partial charge in [0.2, 0.25) is 0 Å². The summed E-state index contributed by atoms with van der Waals surface area (Å²) in [4.78, 5) is 3.25. The van der Waals surface area contributed by atoms with E-state index in [-0.39, 0.29) is 6.61 Å². The van der Waals surface area contributed by atoms with Crippen LogP contribution in [0.1, 0.15) is 13.8 Å². The summed E-state index contributed by atoms with van der Waals surface area (Å²) < 4.78 is 39.8. The Kier molecular flexibility index (Phi) is 4.33. The van der Waals surface area contributed by atoms with Gasteiger partial charge in [-0.15, -0.1) is 11.8 Å². The minimum Gasteiger partial charge on any atom is -0.370 e. The van der Waals surface area contributed by atoms with E-state index >= 15 is 0 Å². The first-order valence-corrected chi connectivity index (χ1v) is 5.58. The van der Waals surface area contributed by atoms with Crippen LogP contribution in [0, 0.1) is 0 Å². The Balaban J connectivity index is 2.17. The first kappa shape index (κ1) is 12.7. The lowest BCUT2D eigenvalue weighted by atomic mass is 10.4. The average molecular weight is 241 g/mol. The fourth-order valence-corrected chi connectivity index (χ4v) is 2.20. The van der Waals surface area contributed by atoms with Crippen molar-refractivity contribution in [3.05, 3.63) is 10.6 Å². The third kappa shape index (κ3) is 4.34. The third-order valence-electron chi connectivity index (χ3n) is 2.19. The Bertz CT molecular complexity index is 252. The molecule has 0 radical (unpaired) electrons.